The van der Waals surface area contributed by atoms with Crippen molar-refractivity contribution in [3.63, 3.8) is 0 Å². The van der Waals surface area contributed by atoms with Gasteiger partial charge in [0, 0.05) is 5.02 Å². The molecule has 1 N–H and O–H groups in total. The number of rotatable bonds is 4. The Hall–Kier alpha value is -2.31. The number of hydrogen-bond donors (Lipinski definition) is 1. The summed E-state index contributed by atoms with van der Waals surface area (Å²) >= 11 is 6.02. The Morgan fingerprint density at radius 1 is 1.17 bits per heavy atom. The third-order valence-corrected chi connectivity index (χ3v) is 5.64. The fourth-order valence-electron chi connectivity index (χ4n) is 2.67. The number of fused-ring (bicyclic) bond motifs is 1. The van der Waals surface area contributed by atoms with Crippen LogP contribution in [0.1, 0.15) is 17.0 Å². The molecular formula is C17H14ClNO4S. The maximum Gasteiger partial charge on any atom is 0.312 e. The number of carbonyl (C=O) groups is 1. The molecule has 0 spiro atoms. The monoisotopic (exact) mass is 363 g/mol. The number of nitrogens with zero attached hydrogens (tertiary/aromatic N) is 1. The molecule has 124 valence electrons. The van der Waals surface area contributed by atoms with Gasteiger partial charge in [0.15, 0.2) is 0 Å². The van der Waals surface area contributed by atoms with Gasteiger partial charge < -0.3 is 5.11 Å². The second kappa shape index (κ2) is 6.30. The van der Waals surface area contributed by atoms with Crippen LogP contribution in [0, 0.1) is 0 Å². The zero-order valence-electron chi connectivity index (χ0n) is 12.5. The highest BCUT2D eigenvalue weighted by Gasteiger charge is 2.38. The minimum absolute atomic E-state index is 0.121. The van der Waals surface area contributed by atoms with Gasteiger partial charge in [-0.1, -0.05) is 48.0 Å². The summed E-state index contributed by atoms with van der Waals surface area (Å²) in [5.41, 5.74) is 1.47. The number of benzene rings is 2. The summed E-state index contributed by atoms with van der Waals surface area (Å²) in [4.78, 5) is 11.4. The van der Waals surface area contributed by atoms with Crippen LogP contribution in [-0.4, -0.2) is 26.0 Å². The highest BCUT2D eigenvalue weighted by atomic mass is 35.5. The van der Waals surface area contributed by atoms with Gasteiger partial charge in [-0.3, -0.25) is 9.10 Å². The second-order valence-corrected chi connectivity index (χ2v) is 7.50. The molecule has 1 heterocycles. The Balaban J connectivity index is 1.97. The predicted octanol–water partition coefficient (Wildman–Crippen LogP) is 3.33. The van der Waals surface area contributed by atoms with Crippen molar-refractivity contribution in [3.8, 4) is 0 Å². The maximum atomic E-state index is 12.7. The van der Waals surface area contributed by atoms with Crippen molar-refractivity contribution in [2.75, 3.05) is 10.8 Å². The van der Waals surface area contributed by atoms with E-state index in [-0.39, 0.29) is 6.54 Å². The quantitative estimate of drug-likeness (QED) is 0.904. The Bertz CT molecular complexity index is 924. The first-order chi connectivity index (χ1) is 11.4. The van der Waals surface area contributed by atoms with Crippen LogP contribution in [0.15, 0.2) is 53.9 Å². The second-order valence-electron chi connectivity index (χ2n) is 5.35. The molecule has 2 aromatic rings. The summed E-state index contributed by atoms with van der Waals surface area (Å²) in [5, 5.41) is 10.8. The maximum absolute atomic E-state index is 12.7. The molecule has 1 aliphatic heterocycles. The number of carboxylic acid groups (broad SMARTS) is 1. The topological polar surface area (TPSA) is 74.7 Å². The van der Waals surface area contributed by atoms with E-state index < -0.39 is 21.9 Å². The minimum atomic E-state index is -3.82. The molecule has 0 fully saturated rings. The molecule has 2 aromatic carbocycles. The van der Waals surface area contributed by atoms with E-state index in [1.807, 2.05) is 0 Å². The zero-order valence-corrected chi connectivity index (χ0v) is 14.0. The third kappa shape index (κ3) is 3.02. The molecular weight excluding hydrogens is 350 g/mol. The largest absolute Gasteiger partial charge is 0.481 e. The SMILES string of the molecule is O=C(O)C1CN(S(=O)(=O)/C=C/c2ccccc2Cl)c2ccccc21. The summed E-state index contributed by atoms with van der Waals surface area (Å²) in [6.07, 6.45) is 1.41. The summed E-state index contributed by atoms with van der Waals surface area (Å²) in [6, 6.07) is 13.5. The molecule has 3 rings (SSSR count). The van der Waals surface area contributed by atoms with E-state index in [2.05, 4.69) is 0 Å². The van der Waals surface area contributed by atoms with Gasteiger partial charge in [-0.2, -0.15) is 0 Å². The van der Waals surface area contributed by atoms with Crippen LogP contribution in [-0.2, 0) is 14.8 Å². The molecule has 0 aromatic heterocycles. The van der Waals surface area contributed by atoms with Crippen LogP contribution < -0.4 is 4.31 Å². The number of aliphatic carboxylic acids is 1. The van der Waals surface area contributed by atoms with E-state index in [4.69, 9.17) is 11.6 Å². The third-order valence-electron chi connectivity index (χ3n) is 3.86. The first-order valence-electron chi connectivity index (χ1n) is 7.17. The molecule has 1 unspecified atom stereocenters. The van der Waals surface area contributed by atoms with E-state index in [0.717, 1.165) is 9.71 Å². The van der Waals surface area contributed by atoms with Gasteiger partial charge in [0.2, 0.25) is 0 Å². The molecule has 0 amide bonds. The lowest BCUT2D eigenvalue weighted by Gasteiger charge is -2.17. The smallest absolute Gasteiger partial charge is 0.312 e. The summed E-state index contributed by atoms with van der Waals surface area (Å²) in [6.45, 7) is -0.121. The molecule has 0 radical (unpaired) electrons. The Labute approximate surface area is 144 Å². The van der Waals surface area contributed by atoms with Gasteiger partial charge in [-0.25, -0.2) is 8.42 Å². The van der Waals surface area contributed by atoms with E-state index in [1.165, 1.54) is 6.08 Å². The van der Waals surface area contributed by atoms with Crippen molar-refractivity contribution < 1.29 is 18.3 Å². The van der Waals surface area contributed by atoms with Crippen LogP contribution in [0.25, 0.3) is 6.08 Å². The van der Waals surface area contributed by atoms with Gasteiger partial charge in [-0.15, -0.1) is 0 Å². The van der Waals surface area contributed by atoms with Crippen LogP contribution in [0.5, 0.6) is 0 Å². The average Bonchev–Trinajstić information content (AvgIpc) is 2.95. The molecule has 0 bridgehead atoms. The first-order valence-corrected chi connectivity index (χ1v) is 9.05. The van der Waals surface area contributed by atoms with E-state index in [9.17, 15) is 18.3 Å². The van der Waals surface area contributed by atoms with E-state index in [1.54, 1.807) is 48.5 Å². The Morgan fingerprint density at radius 3 is 2.54 bits per heavy atom. The normalized spacial score (nSPS) is 17.2. The van der Waals surface area contributed by atoms with Crippen molar-refractivity contribution in [3.05, 3.63) is 70.1 Å². The number of hydrogen-bond acceptors (Lipinski definition) is 3. The molecule has 0 saturated carbocycles. The fourth-order valence-corrected chi connectivity index (χ4v) is 4.13. The van der Waals surface area contributed by atoms with E-state index in [0.29, 0.717) is 21.8 Å². The van der Waals surface area contributed by atoms with Crippen LogP contribution in [0.2, 0.25) is 5.02 Å². The summed E-state index contributed by atoms with van der Waals surface area (Å²) < 4.78 is 26.4. The predicted molar refractivity (Wildman–Crippen MR) is 93.6 cm³/mol. The summed E-state index contributed by atoms with van der Waals surface area (Å²) in [7, 11) is -3.82. The average molecular weight is 364 g/mol. The number of para-hydroxylation sites is 1. The van der Waals surface area contributed by atoms with E-state index >= 15 is 0 Å². The number of carboxylic acids is 1. The molecule has 0 saturated heterocycles. The molecule has 1 atom stereocenters. The Kier molecular flexibility index (Phi) is 4.34. The first kappa shape index (κ1) is 16.5. The lowest BCUT2D eigenvalue weighted by Crippen LogP contribution is -2.29. The van der Waals surface area contributed by atoms with Gasteiger partial charge in [0.25, 0.3) is 10.0 Å². The van der Waals surface area contributed by atoms with Crippen LogP contribution in [0.4, 0.5) is 5.69 Å². The molecule has 1 aliphatic rings. The number of sulfonamides is 1. The highest BCUT2D eigenvalue weighted by molar-refractivity contribution is 7.95. The van der Waals surface area contributed by atoms with Crippen molar-refractivity contribution in [1.29, 1.82) is 0 Å². The van der Waals surface area contributed by atoms with Crippen molar-refractivity contribution >= 4 is 39.4 Å². The van der Waals surface area contributed by atoms with Crippen molar-refractivity contribution in [1.82, 2.24) is 0 Å². The molecule has 5 nitrogen and oxygen atoms in total. The van der Waals surface area contributed by atoms with Gasteiger partial charge in [0.1, 0.15) is 5.92 Å². The van der Waals surface area contributed by atoms with Gasteiger partial charge in [-0.05, 0) is 29.3 Å². The van der Waals surface area contributed by atoms with Crippen LogP contribution in [0.3, 0.4) is 0 Å². The summed E-state index contributed by atoms with van der Waals surface area (Å²) in [5.74, 6) is -1.92. The van der Waals surface area contributed by atoms with Gasteiger partial charge >= 0.3 is 5.97 Å². The lowest BCUT2D eigenvalue weighted by atomic mass is 10.0. The molecule has 0 aliphatic carbocycles. The highest BCUT2D eigenvalue weighted by Crippen LogP contribution is 2.38. The van der Waals surface area contributed by atoms with Gasteiger partial charge in [0.05, 0.1) is 17.6 Å². The standard InChI is InChI=1S/C17H14ClNO4S/c18-15-7-3-1-5-12(15)9-10-24(22,23)19-11-14(17(20)21)13-6-2-4-8-16(13)19/h1-10,14H,11H2,(H,20,21)/b10-9+. The van der Waals surface area contributed by atoms with Crippen molar-refractivity contribution in [2.45, 2.75) is 5.92 Å². The fraction of sp³-hybridized carbons (Fsp3) is 0.118. The molecule has 7 heteroatoms. The lowest BCUT2D eigenvalue weighted by molar-refractivity contribution is -0.138. The molecule has 24 heavy (non-hydrogen) atoms. The Morgan fingerprint density at radius 2 is 1.83 bits per heavy atom. The van der Waals surface area contributed by atoms with Crippen LogP contribution >= 0.6 is 11.6 Å². The zero-order chi connectivity index (χ0) is 17.3. The number of halogens is 1. The van der Waals surface area contributed by atoms with Crippen molar-refractivity contribution in [2.24, 2.45) is 0 Å². The minimum Gasteiger partial charge on any atom is -0.481 e. The number of anilines is 1.